The molecular formula is C20H36BrN2O2S+. The third-order valence-electron chi connectivity index (χ3n) is 5.36. The van der Waals surface area contributed by atoms with Crippen LogP contribution in [-0.2, 0) is 16.4 Å². The molecule has 0 spiro atoms. The van der Waals surface area contributed by atoms with Crippen LogP contribution >= 0.6 is 17.0 Å². The second kappa shape index (κ2) is 11.3. The first-order chi connectivity index (χ1) is 11.9. The van der Waals surface area contributed by atoms with Crippen LogP contribution in [0.1, 0.15) is 57.4 Å². The van der Waals surface area contributed by atoms with Gasteiger partial charge in [0.05, 0.1) is 32.4 Å². The Morgan fingerprint density at radius 3 is 2.08 bits per heavy atom. The van der Waals surface area contributed by atoms with Gasteiger partial charge in [0.2, 0.25) is 10.0 Å². The number of quaternary nitrogens is 1. The van der Waals surface area contributed by atoms with Crippen LogP contribution in [0.15, 0.2) is 24.3 Å². The number of nitrogens with zero attached hydrogens (tertiary/aromatic N) is 1. The van der Waals surface area contributed by atoms with Crippen molar-refractivity contribution in [2.45, 2.75) is 58.3 Å². The largest absolute Gasteiger partial charge is 0.324 e. The number of unbranched alkanes of at least 4 members (excludes halogenated alkanes) is 1. The highest BCUT2D eigenvalue weighted by Gasteiger charge is 2.27. The van der Waals surface area contributed by atoms with E-state index in [0.29, 0.717) is 5.69 Å². The number of anilines is 1. The Morgan fingerprint density at radius 2 is 1.54 bits per heavy atom. The van der Waals surface area contributed by atoms with Crippen LogP contribution in [0.25, 0.3) is 0 Å². The average Bonchev–Trinajstić information content (AvgIpc) is 2.79. The summed E-state index contributed by atoms with van der Waals surface area (Å²) >= 11 is 0. The molecule has 1 saturated heterocycles. The quantitative estimate of drug-likeness (QED) is 0.554. The lowest BCUT2D eigenvalue weighted by Crippen LogP contribution is -2.50. The molecule has 1 fully saturated rings. The van der Waals surface area contributed by atoms with Crippen LogP contribution in [0, 0.1) is 0 Å². The molecule has 1 aromatic carbocycles. The number of benzene rings is 1. The van der Waals surface area contributed by atoms with Gasteiger partial charge in [-0.05, 0) is 56.2 Å². The molecule has 26 heavy (non-hydrogen) atoms. The van der Waals surface area contributed by atoms with Gasteiger partial charge >= 0.3 is 0 Å². The van der Waals surface area contributed by atoms with E-state index in [0.717, 1.165) is 6.42 Å². The predicted octanol–water partition coefficient (Wildman–Crippen LogP) is 4.76. The molecule has 1 aliphatic heterocycles. The fraction of sp³-hybridized carbons (Fsp3) is 0.700. The molecule has 4 nitrogen and oxygen atoms in total. The van der Waals surface area contributed by atoms with E-state index in [1.165, 1.54) is 87.4 Å². The highest BCUT2D eigenvalue weighted by atomic mass is 79.9. The number of hydrogen-bond donors (Lipinski definition) is 1. The fourth-order valence-corrected chi connectivity index (χ4v) is 4.55. The summed E-state index contributed by atoms with van der Waals surface area (Å²) in [6.45, 7) is 7.63. The van der Waals surface area contributed by atoms with Gasteiger partial charge in [0.1, 0.15) is 0 Å². The Bertz CT molecular complexity index is 609. The molecule has 0 amide bonds. The lowest BCUT2D eigenvalue weighted by Gasteiger charge is -2.38. The van der Waals surface area contributed by atoms with Crippen molar-refractivity contribution in [1.29, 1.82) is 0 Å². The van der Waals surface area contributed by atoms with Crippen LogP contribution in [0.4, 0.5) is 5.69 Å². The third kappa shape index (κ3) is 8.40. The molecular weight excluding hydrogens is 412 g/mol. The van der Waals surface area contributed by atoms with E-state index in [1.807, 2.05) is 24.3 Å². The molecule has 0 radical (unpaired) electrons. The number of aryl methyl sites for hydroxylation is 1. The van der Waals surface area contributed by atoms with Gasteiger partial charge in [-0.25, -0.2) is 8.42 Å². The summed E-state index contributed by atoms with van der Waals surface area (Å²) in [7, 11) is -3.19. The molecule has 2 rings (SSSR count). The van der Waals surface area contributed by atoms with Gasteiger partial charge in [-0.2, -0.15) is 0 Å². The van der Waals surface area contributed by atoms with Crippen LogP contribution in [0.5, 0.6) is 0 Å². The van der Waals surface area contributed by atoms with Gasteiger partial charge in [-0.3, -0.25) is 4.72 Å². The monoisotopic (exact) mass is 447 g/mol. The number of likely N-dealkylation sites (tertiary alicyclic amines) is 1. The molecule has 0 aliphatic carbocycles. The molecule has 0 atom stereocenters. The van der Waals surface area contributed by atoms with Crippen molar-refractivity contribution < 1.29 is 12.9 Å². The number of nitrogens with one attached hydrogen (secondary N) is 1. The summed E-state index contributed by atoms with van der Waals surface area (Å²) in [5.41, 5.74) is 1.94. The summed E-state index contributed by atoms with van der Waals surface area (Å²) in [5, 5.41) is 0. The normalized spacial score (nSPS) is 17.2. The zero-order chi connectivity index (χ0) is 18.2. The summed E-state index contributed by atoms with van der Waals surface area (Å²) in [4.78, 5) is 0. The number of sulfonamides is 1. The minimum absolute atomic E-state index is 0. The topological polar surface area (TPSA) is 46.2 Å². The zero-order valence-corrected chi connectivity index (χ0v) is 18.9. The van der Waals surface area contributed by atoms with Crippen molar-refractivity contribution in [3.05, 3.63) is 29.8 Å². The summed E-state index contributed by atoms with van der Waals surface area (Å²) in [5.74, 6) is 0. The molecule has 0 bridgehead atoms. The van der Waals surface area contributed by atoms with E-state index in [9.17, 15) is 8.42 Å². The molecule has 150 valence electrons. The van der Waals surface area contributed by atoms with Gasteiger partial charge in [-0.15, -0.1) is 17.0 Å². The van der Waals surface area contributed by atoms with E-state index < -0.39 is 10.0 Å². The Labute approximate surface area is 170 Å². The number of halogens is 1. The van der Waals surface area contributed by atoms with Gasteiger partial charge < -0.3 is 4.48 Å². The molecule has 0 saturated carbocycles. The fourth-order valence-electron chi connectivity index (χ4n) is 3.98. The second-order valence-electron chi connectivity index (χ2n) is 7.68. The van der Waals surface area contributed by atoms with Crippen molar-refractivity contribution in [3.8, 4) is 0 Å². The van der Waals surface area contributed by atoms with Gasteiger partial charge in [-0.1, -0.05) is 25.5 Å². The molecule has 1 aliphatic rings. The number of rotatable bonds is 9. The van der Waals surface area contributed by atoms with Crippen molar-refractivity contribution >= 4 is 32.7 Å². The third-order valence-corrected chi connectivity index (χ3v) is 5.96. The molecule has 0 unspecified atom stereocenters. The van der Waals surface area contributed by atoms with E-state index in [-0.39, 0.29) is 17.0 Å². The average molecular weight is 448 g/mol. The SMILES string of the molecule is Br.CCCC[N+]1(CCCc2ccc(NS(C)(=O)=O)cc2)CCCCCC1. The second-order valence-corrected chi connectivity index (χ2v) is 9.43. The minimum Gasteiger partial charge on any atom is -0.324 e. The Hall–Kier alpha value is -0.590. The smallest absolute Gasteiger partial charge is 0.229 e. The first-order valence-corrected chi connectivity index (χ1v) is 11.7. The lowest BCUT2D eigenvalue weighted by atomic mass is 10.1. The summed E-state index contributed by atoms with van der Waals surface area (Å²) in [6, 6.07) is 7.83. The Balaban J connectivity index is 0.00000338. The lowest BCUT2D eigenvalue weighted by molar-refractivity contribution is -0.927. The van der Waals surface area contributed by atoms with Crippen LogP contribution in [0.2, 0.25) is 0 Å². The van der Waals surface area contributed by atoms with E-state index in [1.54, 1.807) is 0 Å². The van der Waals surface area contributed by atoms with Crippen LogP contribution < -0.4 is 4.72 Å². The Kier molecular flexibility index (Phi) is 10.2. The molecule has 1 N–H and O–H groups in total. The molecule has 0 aromatic heterocycles. The number of hydrogen-bond acceptors (Lipinski definition) is 2. The summed E-state index contributed by atoms with van der Waals surface area (Å²) < 4.78 is 26.4. The maximum absolute atomic E-state index is 11.3. The molecule has 1 heterocycles. The van der Waals surface area contributed by atoms with Crippen LogP contribution in [-0.4, -0.2) is 45.3 Å². The summed E-state index contributed by atoms with van der Waals surface area (Å²) in [6.07, 6.45) is 11.7. The van der Waals surface area contributed by atoms with E-state index >= 15 is 0 Å². The van der Waals surface area contributed by atoms with Crippen molar-refractivity contribution in [3.63, 3.8) is 0 Å². The predicted molar refractivity (Wildman–Crippen MR) is 117 cm³/mol. The van der Waals surface area contributed by atoms with Gasteiger partial charge in [0, 0.05) is 12.1 Å². The first-order valence-electron chi connectivity index (χ1n) is 9.84. The van der Waals surface area contributed by atoms with Crippen molar-refractivity contribution in [2.24, 2.45) is 0 Å². The maximum Gasteiger partial charge on any atom is 0.229 e. The minimum atomic E-state index is -3.19. The molecule has 6 heteroatoms. The van der Waals surface area contributed by atoms with Crippen LogP contribution in [0.3, 0.4) is 0 Å². The molecule has 1 aromatic rings. The standard InChI is InChI=1S/C20H35N2O2S.BrH/c1-3-4-15-22(16-7-5-6-8-17-22)18-9-10-19-11-13-20(14-12-19)21-25(2,23)24;/h11-14,21H,3-10,15-18H2,1-2H3;1H/q+1;. The van der Waals surface area contributed by atoms with Gasteiger partial charge in [0.15, 0.2) is 0 Å². The van der Waals surface area contributed by atoms with Crippen molar-refractivity contribution in [2.75, 3.05) is 37.2 Å². The zero-order valence-electron chi connectivity index (χ0n) is 16.4. The highest BCUT2D eigenvalue weighted by Crippen LogP contribution is 2.21. The highest BCUT2D eigenvalue weighted by molar-refractivity contribution is 8.93. The first kappa shape index (κ1) is 23.4. The van der Waals surface area contributed by atoms with Crippen molar-refractivity contribution in [1.82, 2.24) is 0 Å². The van der Waals surface area contributed by atoms with E-state index in [4.69, 9.17) is 0 Å². The maximum atomic E-state index is 11.3. The van der Waals surface area contributed by atoms with Gasteiger partial charge in [0.25, 0.3) is 0 Å². The van der Waals surface area contributed by atoms with E-state index in [2.05, 4.69) is 11.6 Å². The Morgan fingerprint density at radius 1 is 0.962 bits per heavy atom.